The Morgan fingerprint density at radius 2 is 2.00 bits per heavy atom. The minimum atomic E-state index is -0.231. The Morgan fingerprint density at radius 1 is 1.25 bits per heavy atom. The first-order valence-corrected chi connectivity index (χ1v) is 8.07. The topological polar surface area (TPSA) is 90.5 Å². The molecule has 2 aromatic heterocycles. The summed E-state index contributed by atoms with van der Waals surface area (Å²) >= 11 is 3.45. The number of nitrogens with one attached hydrogen (secondary N) is 1. The molecule has 9 heteroatoms. The van der Waals surface area contributed by atoms with E-state index in [-0.39, 0.29) is 12.5 Å². The lowest BCUT2D eigenvalue weighted by Gasteiger charge is -2.04. The molecule has 0 fully saturated rings. The molecular formula is C15H16BrN7O. The van der Waals surface area contributed by atoms with E-state index in [1.165, 1.54) is 4.80 Å². The molecule has 0 aliphatic heterocycles. The third-order valence-electron chi connectivity index (χ3n) is 3.63. The van der Waals surface area contributed by atoms with Gasteiger partial charge in [-0.2, -0.15) is 9.90 Å². The van der Waals surface area contributed by atoms with E-state index in [2.05, 4.69) is 41.8 Å². The van der Waals surface area contributed by atoms with E-state index in [1.54, 1.807) is 4.68 Å². The Morgan fingerprint density at radius 3 is 2.67 bits per heavy atom. The number of carbonyl (C=O) groups is 1. The molecule has 0 unspecified atom stereocenters. The van der Waals surface area contributed by atoms with Gasteiger partial charge in [-0.15, -0.1) is 10.2 Å². The SMILES string of the molecule is Cc1nn(C)c(C)c1NC(=O)Cn1nnc(-c2ccccc2Br)n1. The molecule has 0 saturated heterocycles. The summed E-state index contributed by atoms with van der Waals surface area (Å²) < 4.78 is 2.60. The van der Waals surface area contributed by atoms with Gasteiger partial charge in [-0.3, -0.25) is 9.48 Å². The van der Waals surface area contributed by atoms with Crippen LogP contribution in [0.5, 0.6) is 0 Å². The fraction of sp³-hybridized carbons (Fsp3) is 0.267. The average Bonchev–Trinajstić information content (AvgIpc) is 3.08. The number of aromatic nitrogens is 6. The summed E-state index contributed by atoms with van der Waals surface area (Å²) in [4.78, 5) is 13.5. The molecule has 0 saturated carbocycles. The highest BCUT2D eigenvalue weighted by molar-refractivity contribution is 9.10. The summed E-state index contributed by atoms with van der Waals surface area (Å²) in [7, 11) is 1.83. The third-order valence-corrected chi connectivity index (χ3v) is 4.32. The second-order valence-electron chi connectivity index (χ2n) is 5.34. The number of hydrogen-bond acceptors (Lipinski definition) is 5. The number of tetrazole rings is 1. The van der Waals surface area contributed by atoms with Gasteiger partial charge in [0, 0.05) is 17.1 Å². The Balaban J connectivity index is 1.73. The van der Waals surface area contributed by atoms with E-state index < -0.39 is 0 Å². The van der Waals surface area contributed by atoms with E-state index >= 15 is 0 Å². The molecule has 0 aliphatic rings. The average molecular weight is 390 g/mol. The molecule has 0 atom stereocenters. The number of nitrogens with zero attached hydrogens (tertiary/aromatic N) is 6. The predicted molar refractivity (Wildman–Crippen MR) is 92.3 cm³/mol. The summed E-state index contributed by atoms with van der Waals surface area (Å²) in [5.41, 5.74) is 3.20. The first-order valence-electron chi connectivity index (χ1n) is 7.28. The number of halogens is 1. The number of hydrogen-bond donors (Lipinski definition) is 1. The zero-order valence-corrected chi connectivity index (χ0v) is 15.1. The van der Waals surface area contributed by atoms with Gasteiger partial charge in [-0.25, -0.2) is 0 Å². The molecular weight excluding hydrogens is 374 g/mol. The summed E-state index contributed by atoms with van der Waals surface area (Å²) in [5.74, 6) is 0.231. The smallest absolute Gasteiger partial charge is 0.248 e. The largest absolute Gasteiger partial charge is 0.321 e. The summed E-state index contributed by atoms with van der Waals surface area (Å²) in [6.45, 7) is 3.72. The van der Waals surface area contributed by atoms with Gasteiger partial charge in [-0.05, 0) is 31.2 Å². The fourth-order valence-electron chi connectivity index (χ4n) is 2.32. The number of anilines is 1. The lowest BCUT2D eigenvalue weighted by Crippen LogP contribution is -2.21. The first kappa shape index (κ1) is 16.3. The van der Waals surface area contributed by atoms with Crippen molar-refractivity contribution in [2.24, 2.45) is 7.05 Å². The number of amides is 1. The van der Waals surface area contributed by atoms with E-state index in [9.17, 15) is 4.79 Å². The molecule has 8 nitrogen and oxygen atoms in total. The molecule has 0 aliphatic carbocycles. The van der Waals surface area contributed by atoms with Gasteiger partial charge in [0.1, 0.15) is 6.54 Å². The van der Waals surface area contributed by atoms with Gasteiger partial charge in [0.25, 0.3) is 0 Å². The highest BCUT2D eigenvalue weighted by atomic mass is 79.9. The highest BCUT2D eigenvalue weighted by Crippen LogP contribution is 2.24. The van der Waals surface area contributed by atoms with Crippen LogP contribution < -0.4 is 5.32 Å². The Hall–Kier alpha value is -2.55. The Kier molecular flexibility index (Phi) is 4.43. The van der Waals surface area contributed by atoms with Gasteiger partial charge in [0.2, 0.25) is 11.7 Å². The number of rotatable bonds is 4. The second-order valence-corrected chi connectivity index (χ2v) is 6.20. The first-order chi connectivity index (χ1) is 11.5. The maximum absolute atomic E-state index is 12.2. The van der Waals surface area contributed by atoms with Gasteiger partial charge < -0.3 is 5.32 Å². The van der Waals surface area contributed by atoms with E-state index in [0.717, 1.165) is 21.4 Å². The van der Waals surface area contributed by atoms with Gasteiger partial charge in [0.15, 0.2) is 0 Å². The van der Waals surface area contributed by atoms with Gasteiger partial charge in [0.05, 0.1) is 17.1 Å². The normalized spacial score (nSPS) is 10.8. The van der Waals surface area contributed by atoms with Gasteiger partial charge in [-0.1, -0.05) is 28.1 Å². The van der Waals surface area contributed by atoms with Crippen molar-refractivity contribution in [2.45, 2.75) is 20.4 Å². The van der Waals surface area contributed by atoms with Crippen LogP contribution in [0.4, 0.5) is 5.69 Å². The van der Waals surface area contributed by atoms with Crippen LogP contribution in [0.15, 0.2) is 28.7 Å². The minimum Gasteiger partial charge on any atom is -0.321 e. The van der Waals surface area contributed by atoms with Crippen LogP contribution in [0.1, 0.15) is 11.4 Å². The fourth-order valence-corrected chi connectivity index (χ4v) is 2.78. The molecule has 0 bridgehead atoms. The van der Waals surface area contributed by atoms with E-state index in [0.29, 0.717) is 11.5 Å². The van der Waals surface area contributed by atoms with Crippen LogP contribution in [-0.4, -0.2) is 35.9 Å². The van der Waals surface area contributed by atoms with Crippen LogP contribution >= 0.6 is 15.9 Å². The zero-order valence-electron chi connectivity index (χ0n) is 13.5. The van der Waals surface area contributed by atoms with Crippen molar-refractivity contribution in [2.75, 3.05) is 5.32 Å². The van der Waals surface area contributed by atoms with Crippen LogP contribution in [-0.2, 0) is 18.4 Å². The van der Waals surface area contributed by atoms with Gasteiger partial charge >= 0.3 is 0 Å². The summed E-state index contributed by atoms with van der Waals surface area (Å²) in [5, 5.41) is 19.3. The van der Waals surface area contributed by atoms with Crippen molar-refractivity contribution in [3.8, 4) is 11.4 Å². The number of aryl methyl sites for hydroxylation is 2. The molecule has 3 rings (SSSR count). The van der Waals surface area contributed by atoms with E-state index in [1.807, 2.05) is 45.2 Å². The van der Waals surface area contributed by atoms with Crippen molar-refractivity contribution in [1.29, 1.82) is 0 Å². The molecule has 0 radical (unpaired) electrons. The summed E-state index contributed by atoms with van der Waals surface area (Å²) in [6.07, 6.45) is 0. The third kappa shape index (κ3) is 3.21. The highest BCUT2D eigenvalue weighted by Gasteiger charge is 2.15. The predicted octanol–water partition coefficient (Wildman–Crippen LogP) is 2.09. The monoisotopic (exact) mass is 389 g/mol. The van der Waals surface area contributed by atoms with Crippen molar-refractivity contribution < 1.29 is 4.79 Å². The molecule has 1 N–H and O–H groups in total. The lowest BCUT2D eigenvalue weighted by atomic mass is 10.2. The van der Waals surface area contributed by atoms with Crippen LogP contribution in [0.25, 0.3) is 11.4 Å². The van der Waals surface area contributed by atoms with Crippen LogP contribution in [0, 0.1) is 13.8 Å². The molecule has 0 spiro atoms. The Bertz CT molecular complexity index is 899. The molecule has 2 heterocycles. The standard InChI is InChI=1S/C15H16BrN7O/c1-9-14(10(2)22(3)19-9)17-13(24)8-23-20-15(18-21-23)11-6-4-5-7-12(11)16/h4-7H,8H2,1-3H3,(H,17,24). The minimum absolute atomic E-state index is 0.0226. The molecule has 24 heavy (non-hydrogen) atoms. The maximum Gasteiger partial charge on any atom is 0.248 e. The van der Waals surface area contributed by atoms with Crippen molar-refractivity contribution in [3.05, 3.63) is 40.1 Å². The number of benzene rings is 1. The molecule has 124 valence electrons. The van der Waals surface area contributed by atoms with Crippen molar-refractivity contribution in [3.63, 3.8) is 0 Å². The second kappa shape index (κ2) is 6.52. The Labute approximate surface area is 147 Å². The molecule has 3 aromatic rings. The van der Waals surface area contributed by atoms with Crippen LogP contribution in [0.2, 0.25) is 0 Å². The zero-order chi connectivity index (χ0) is 17.3. The van der Waals surface area contributed by atoms with Crippen molar-refractivity contribution in [1.82, 2.24) is 30.0 Å². The summed E-state index contributed by atoms with van der Waals surface area (Å²) in [6, 6.07) is 7.58. The maximum atomic E-state index is 12.2. The molecule has 1 amide bonds. The lowest BCUT2D eigenvalue weighted by molar-refractivity contribution is -0.117. The number of carbonyl (C=O) groups excluding carboxylic acids is 1. The van der Waals surface area contributed by atoms with Crippen molar-refractivity contribution >= 4 is 27.5 Å². The quantitative estimate of drug-likeness (QED) is 0.737. The van der Waals surface area contributed by atoms with Crippen LogP contribution in [0.3, 0.4) is 0 Å². The van der Waals surface area contributed by atoms with E-state index in [4.69, 9.17) is 0 Å². The molecule has 1 aromatic carbocycles.